The van der Waals surface area contributed by atoms with Gasteiger partial charge in [-0.05, 0) is 25.1 Å². The van der Waals surface area contributed by atoms with Crippen LogP contribution in [0.3, 0.4) is 0 Å². The number of aromatic nitrogens is 3. The Morgan fingerprint density at radius 1 is 1.25 bits per heavy atom. The molecule has 3 aromatic rings. The van der Waals surface area contributed by atoms with Gasteiger partial charge in [-0.3, -0.25) is 4.79 Å². The molecule has 0 spiro atoms. The Morgan fingerprint density at radius 3 is 2.62 bits per heavy atom. The van der Waals surface area contributed by atoms with E-state index in [1.807, 2.05) is 31.2 Å². The second kappa shape index (κ2) is 5.75. The van der Waals surface area contributed by atoms with E-state index in [-0.39, 0.29) is 22.5 Å². The third kappa shape index (κ3) is 2.31. The van der Waals surface area contributed by atoms with Crippen LogP contribution >= 0.6 is 0 Å². The van der Waals surface area contributed by atoms with E-state index in [0.717, 1.165) is 5.56 Å². The van der Waals surface area contributed by atoms with Gasteiger partial charge in [0, 0.05) is 23.5 Å². The number of H-pyrrole nitrogens is 1. The maximum Gasteiger partial charge on any atom is 0.268 e. The molecule has 3 rings (SSSR count). The van der Waals surface area contributed by atoms with Crippen molar-refractivity contribution in [3.05, 3.63) is 63.7 Å². The van der Waals surface area contributed by atoms with E-state index in [9.17, 15) is 15.3 Å². The number of nitrogens with zero attached hydrogens (tertiary/aromatic N) is 4. The van der Waals surface area contributed by atoms with E-state index >= 15 is 0 Å². The summed E-state index contributed by atoms with van der Waals surface area (Å²) < 4.78 is 1.61. The summed E-state index contributed by atoms with van der Waals surface area (Å²) in [6.07, 6.45) is 3.36. The average Bonchev–Trinajstić information content (AvgIpc) is 3.08. The average molecular weight is 316 g/mol. The van der Waals surface area contributed by atoms with Crippen LogP contribution in [0, 0.1) is 29.6 Å². The minimum Gasteiger partial charge on any atom is -0.384 e. The lowest BCUT2D eigenvalue weighted by Crippen LogP contribution is -2.17. The molecule has 2 heterocycles. The van der Waals surface area contributed by atoms with Crippen LogP contribution in [-0.2, 0) is 0 Å². The number of rotatable bonds is 2. The monoisotopic (exact) mass is 316 g/mol. The summed E-state index contributed by atoms with van der Waals surface area (Å²) in [7, 11) is 0. The number of hydrogen-bond donors (Lipinski definition) is 2. The number of nitrogen functional groups attached to an aromatic ring is 1. The third-order valence-electron chi connectivity index (χ3n) is 3.64. The molecule has 0 radical (unpaired) electrons. The van der Waals surface area contributed by atoms with E-state index in [1.54, 1.807) is 29.2 Å². The Balaban J connectivity index is 2.48. The van der Waals surface area contributed by atoms with Crippen molar-refractivity contribution in [3.8, 4) is 29.0 Å². The number of hydrogen-bond acceptors (Lipinski definition) is 5. The van der Waals surface area contributed by atoms with Gasteiger partial charge in [0.25, 0.3) is 5.56 Å². The summed E-state index contributed by atoms with van der Waals surface area (Å²) in [6, 6.07) is 11.1. The highest BCUT2D eigenvalue weighted by atomic mass is 16.1. The second-order valence-corrected chi connectivity index (χ2v) is 5.19. The zero-order valence-electron chi connectivity index (χ0n) is 12.7. The summed E-state index contributed by atoms with van der Waals surface area (Å²) in [5.74, 6) is -0.0654. The van der Waals surface area contributed by atoms with Crippen LogP contribution < -0.4 is 11.3 Å². The molecular weight excluding hydrogens is 304 g/mol. The number of aryl methyl sites for hydroxylation is 1. The lowest BCUT2D eigenvalue weighted by molar-refractivity contribution is 0.881. The molecule has 0 aliphatic carbocycles. The molecule has 2 aromatic heterocycles. The smallest absolute Gasteiger partial charge is 0.268 e. The van der Waals surface area contributed by atoms with Gasteiger partial charge < -0.3 is 10.7 Å². The van der Waals surface area contributed by atoms with Crippen LogP contribution in [0.5, 0.6) is 0 Å². The summed E-state index contributed by atoms with van der Waals surface area (Å²) >= 11 is 0. The van der Waals surface area contributed by atoms with Crippen LogP contribution in [0.15, 0.2) is 41.5 Å². The van der Waals surface area contributed by atoms with Crippen molar-refractivity contribution in [1.29, 1.82) is 10.5 Å². The first-order valence-electron chi connectivity index (χ1n) is 7.03. The first kappa shape index (κ1) is 15.1. The molecule has 0 unspecified atom stereocenters. The van der Waals surface area contributed by atoms with Crippen molar-refractivity contribution in [2.75, 3.05) is 5.73 Å². The van der Waals surface area contributed by atoms with Crippen LogP contribution in [-0.4, -0.2) is 14.8 Å². The van der Waals surface area contributed by atoms with Gasteiger partial charge in [0.1, 0.15) is 29.1 Å². The quantitative estimate of drug-likeness (QED) is 0.746. The predicted octanol–water partition coefficient (Wildman–Crippen LogP) is 1.86. The zero-order valence-corrected chi connectivity index (χ0v) is 12.7. The highest BCUT2D eigenvalue weighted by molar-refractivity contribution is 5.85. The lowest BCUT2D eigenvalue weighted by atomic mass is 9.94. The molecule has 1 aromatic carbocycles. The summed E-state index contributed by atoms with van der Waals surface area (Å²) in [5.41, 5.74) is 7.39. The highest BCUT2D eigenvalue weighted by Crippen LogP contribution is 2.33. The van der Waals surface area contributed by atoms with Gasteiger partial charge in [-0.15, -0.1) is 0 Å². The fourth-order valence-electron chi connectivity index (χ4n) is 2.57. The molecule has 0 aliphatic rings. The van der Waals surface area contributed by atoms with Crippen molar-refractivity contribution in [1.82, 2.24) is 14.8 Å². The van der Waals surface area contributed by atoms with E-state index in [1.165, 1.54) is 0 Å². The lowest BCUT2D eigenvalue weighted by Gasteiger charge is -2.14. The van der Waals surface area contributed by atoms with Crippen LogP contribution in [0.1, 0.15) is 16.7 Å². The van der Waals surface area contributed by atoms with Gasteiger partial charge in [-0.1, -0.05) is 11.6 Å². The topological polar surface area (TPSA) is 124 Å². The summed E-state index contributed by atoms with van der Waals surface area (Å²) in [4.78, 5) is 14.5. The number of benzene rings is 1. The van der Waals surface area contributed by atoms with Crippen LogP contribution in [0.4, 0.5) is 5.82 Å². The normalized spacial score (nSPS) is 10.1. The van der Waals surface area contributed by atoms with Crippen molar-refractivity contribution < 1.29 is 0 Å². The molecule has 24 heavy (non-hydrogen) atoms. The molecular formula is C17H12N6O. The molecule has 116 valence electrons. The summed E-state index contributed by atoms with van der Waals surface area (Å²) in [5, 5.41) is 23.1. The number of pyridine rings is 1. The maximum atomic E-state index is 12.1. The molecule has 3 N–H and O–H groups in total. The molecule has 0 bridgehead atoms. The predicted molar refractivity (Wildman–Crippen MR) is 88.2 cm³/mol. The van der Waals surface area contributed by atoms with Gasteiger partial charge in [-0.25, -0.2) is 4.68 Å². The molecule has 0 aliphatic heterocycles. The van der Waals surface area contributed by atoms with Crippen LogP contribution in [0.2, 0.25) is 0 Å². The molecule has 0 amide bonds. The number of anilines is 1. The molecule has 0 saturated carbocycles. The molecule has 0 fully saturated rings. The molecule has 0 atom stereocenters. The van der Waals surface area contributed by atoms with Gasteiger partial charge in [-0.2, -0.15) is 15.6 Å². The SMILES string of the molecule is Cc1ccc(-n2cccn2)c(-c2c(C#N)c(N)[nH]c(=O)c2C#N)c1. The van der Waals surface area contributed by atoms with E-state index in [0.29, 0.717) is 11.3 Å². The Morgan fingerprint density at radius 2 is 2.00 bits per heavy atom. The fraction of sp³-hybridized carbons (Fsp3) is 0.0588. The number of nitriles is 2. The molecule has 7 heteroatoms. The Hall–Kier alpha value is -3.84. The largest absolute Gasteiger partial charge is 0.384 e. The Kier molecular flexibility index (Phi) is 3.61. The molecule has 7 nitrogen and oxygen atoms in total. The standard InChI is InChI=1S/C17H12N6O/c1-10-3-4-14(23-6-2-5-21-23)11(7-10)15-12(8-18)16(20)22-17(24)13(15)9-19/h2-7H,1H3,(H3,20,22,24). The van der Waals surface area contributed by atoms with Gasteiger partial charge in [0.05, 0.1) is 5.69 Å². The first-order chi connectivity index (χ1) is 11.6. The minimum absolute atomic E-state index is 0.0603. The number of aromatic amines is 1. The van der Waals surface area contributed by atoms with E-state index in [4.69, 9.17) is 5.73 Å². The van der Waals surface area contributed by atoms with Crippen molar-refractivity contribution in [3.63, 3.8) is 0 Å². The van der Waals surface area contributed by atoms with Gasteiger partial charge in [0.15, 0.2) is 0 Å². The van der Waals surface area contributed by atoms with Crippen molar-refractivity contribution in [2.24, 2.45) is 0 Å². The minimum atomic E-state index is -0.628. The first-order valence-corrected chi connectivity index (χ1v) is 7.03. The Bertz CT molecular complexity index is 1060. The van der Waals surface area contributed by atoms with Gasteiger partial charge >= 0.3 is 0 Å². The fourth-order valence-corrected chi connectivity index (χ4v) is 2.57. The van der Waals surface area contributed by atoms with Crippen molar-refractivity contribution >= 4 is 5.82 Å². The molecule has 0 saturated heterocycles. The zero-order chi connectivity index (χ0) is 17.3. The highest BCUT2D eigenvalue weighted by Gasteiger charge is 2.21. The number of nitrogens with two attached hydrogens (primary N) is 1. The summed E-state index contributed by atoms with van der Waals surface area (Å²) in [6.45, 7) is 1.88. The maximum absolute atomic E-state index is 12.1. The van der Waals surface area contributed by atoms with Gasteiger partial charge in [0.2, 0.25) is 0 Å². The van der Waals surface area contributed by atoms with E-state index in [2.05, 4.69) is 10.1 Å². The van der Waals surface area contributed by atoms with Crippen molar-refractivity contribution in [2.45, 2.75) is 6.92 Å². The van der Waals surface area contributed by atoms with E-state index < -0.39 is 5.56 Å². The van der Waals surface area contributed by atoms with Crippen LogP contribution in [0.25, 0.3) is 16.8 Å². The second-order valence-electron chi connectivity index (χ2n) is 5.19. The third-order valence-corrected chi connectivity index (χ3v) is 3.64. The number of nitrogens with one attached hydrogen (secondary N) is 1. The Labute approximate surface area is 137 Å².